The molecule has 0 N–H and O–H groups in total. The molecular weight excluding hydrogens is 458 g/mol. The van der Waals surface area contributed by atoms with Gasteiger partial charge in [0.1, 0.15) is 0 Å². The van der Waals surface area contributed by atoms with Gasteiger partial charge in [-0.1, -0.05) is 17.8 Å². The number of aryl methyl sites for hydroxylation is 2. The van der Waals surface area contributed by atoms with Crippen molar-refractivity contribution in [2.45, 2.75) is 24.0 Å². The van der Waals surface area contributed by atoms with Gasteiger partial charge >= 0.3 is 0 Å². The maximum absolute atomic E-state index is 12.9. The van der Waals surface area contributed by atoms with Crippen LogP contribution in [0.15, 0.2) is 44.9 Å². The minimum atomic E-state index is -3.63. The van der Waals surface area contributed by atoms with Crippen LogP contribution < -0.4 is 0 Å². The molecule has 0 amide bonds. The van der Waals surface area contributed by atoms with Crippen LogP contribution >= 0.6 is 23.1 Å². The second kappa shape index (κ2) is 9.21. The predicted molar refractivity (Wildman–Crippen MR) is 118 cm³/mol. The molecule has 1 aliphatic heterocycles. The van der Waals surface area contributed by atoms with Gasteiger partial charge in [0.05, 0.1) is 23.9 Å². The Labute approximate surface area is 188 Å². The van der Waals surface area contributed by atoms with E-state index >= 15 is 0 Å². The zero-order valence-electron chi connectivity index (χ0n) is 17.0. The van der Waals surface area contributed by atoms with Crippen LogP contribution in [0, 0.1) is 13.8 Å². The summed E-state index contributed by atoms with van der Waals surface area (Å²) in [4.78, 5) is 14.7. The molecule has 8 nitrogen and oxygen atoms in total. The highest BCUT2D eigenvalue weighted by atomic mass is 32.2. The van der Waals surface area contributed by atoms with E-state index in [1.807, 2.05) is 19.9 Å². The third-order valence-electron chi connectivity index (χ3n) is 4.76. The van der Waals surface area contributed by atoms with Gasteiger partial charge in [0.15, 0.2) is 5.78 Å². The highest BCUT2D eigenvalue weighted by molar-refractivity contribution is 7.99. The van der Waals surface area contributed by atoms with Crippen LogP contribution in [0.2, 0.25) is 0 Å². The lowest BCUT2D eigenvalue weighted by molar-refractivity contribution is 0.0730. The molecule has 2 aromatic heterocycles. The van der Waals surface area contributed by atoms with Crippen LogP contribution in [0.1, 0.15) is 20.1 Å². The summed E-state index contributed by atoms with van der Waals surface area (Å²) in [5.41, 5.74) is 1.22. The van der Waals surface area contributed by atoms with Crippen LogP contribution in [0.4, 0.5) is 0 Å². The zero-order valence-corrected chi connectivity index (χ0v) is 19.5. The van der Waals surface area contributed by atoms with Crippen molar-refractivity contribution in [3.63, 3.8) is 0 Å². The summed E-state index contributed by atoms with van der Waals surface area (Å²) in [6.07, 6.45) is 0. The molecular formula is C20H21N3O5S3. The number of benzene rings is 1. The van der Waals surface area contributed by atoms with Crippen molar-refractivity contribution in [3.8, 4) is 11.5 Å². The van der Waals surface area contributed by atoms with Crippen LogP contribution in [0.25, 0.3) is 11.5 Å². The molecule has 1 fully saturated rings. The minimum Gasteiger partial charge on any atom is -0.411 e. The first-order valence-corrected chi connectivity index (χ1v) is 12.8. The monoisotopic (exact) mass is 479 g/mol. The van der Waals surface area contributed by atoms with Crippen molar-refractivity contribution in [2.75, 3.05) is 32.1 Å². The first kappa shape index (κ1) is 22.2. The minimum absolute atomic E-state index is 0.00482. The van der Waals surface area contributed by atoms with Gasteiger partial charge in [-0.2, -0.15) is 4.31 Å². The van der Waals surface area contributed by atoms with E-state index in [4.69, 9.17) is 9.15 Å². The number of aromatic nitrogens is 2. The molecule has 164 valence electrons. The van der Waals surface area contributed by atoms with Gasteiger partial charge < -0.3 is 9.15 Å². The summed E-state index contributed by atoms with van der Waals surface area (Å²) in [6, 6.07) is 8.32. The van der Waals surface area contributed by atoms with Gasteiger partial charge in [-0.05, 0) is 38.1 Å². The Bertz CT molecular complexity index is 1200. The van der Waals surface area contributed by atoms with Crippen molar-refractivity contribution in [1.29, 1.82) is 0 Å². The van der Waals surface area contributed by atoms with Crippen LogP contribution in [0.5, 0.6) is 0 Å². The van der Waals surface area contributed by atoms with Gasteiger partial charge in [-0.15, -0.1) is 21.5 Å². The van der Waals surface area contributed by atoms with E-state index in [0.717, 1.165) is 27.1 Å². The molecule has 3 aromatic rings. The van der Waals surface area contributed by atoms with E-state index in [1.165, 1.54) is 10.4 Å². The van der Waals surface area contributed by atoms with Crippen LogP contribution in [-0.4, -0.2) is 60.8 Å². The molecule has 1 saturated heterocycles. The molecule has 4 rings (SSSR count). The van der Waals surface area contributed by atoms with Gasteiger partial charge in [-0.25, -0.2) is 8.42 Å². The number of hydrogen-bond acceptors (Lipinski definition) is 9. The smallest absolute Gasteiger partial charge is 0.277 e. The first-order valence-electron chi connectivity index (χ1n) is 9.59. The lowest BCUT2D eigenvalue weighted by atomic mass is 10.2. The second-order valence-electron chi connectivity index (χ2n) is 6.96. The molecule has 0 radical (unpaired) electrons. The number of thiophene rings is 1. The Morgan fingerprint density at radius 1 is 1.19 bits per heavy atom. The van der Waals surface area contributed by atoms with Gasteiger partial charge in [0.25, 0.3) is 5.22 Å². The van der Waals surface area contributed by atoms with E-state index in [9.17, 15) is 13.2 Å². The van der Waals surface area contributed by atoms with Crippen LogP contribution in [0.3, 0.4) is 0 Å². The van der Waals surface area contributed by atoms with E-state index in [0.29, 0.717) is 31.9 Å². The average Bonchev–Trinajstić information content (AvgIpc) is 3.38. The van der Waals surface area contributed by atoms with Crippen molar-refractivity contribution in [1.82, 2.24) is 14.5 Å². The number of sulfonamides is 1. The zero-order chi connectivity index (χ0) is 22.0. The summed E-state index contributed by atoms with van der Waals surface area (Å²) in [5, 5.41) is 8.27. The Morgan fingerprint density at radius 2 is 1.97 bits per heavy atom. The molecule has 3 heterocycles. The van der Waals surface area contributed by atoms with Crippen molar-refractivity contribution >= 4 is 38.9 Å². The number of carbonyl (C=O) groups excluding carboxylic acids is 1. The molecule has 0 spiro atoms. The number of thioether (sulfide) groups is 1. The lowest BCUT2D eigenvalue weighted by Crippen LogP contribution is -2.40. The van der Waals surface area contributed by atoms with E-state index in [1.54, 1.807) is 29.5 Å². The fourth-order valence-electron chi connectivity index (χ4n) is 3.22. The summed E-state index contributed by atoms with van der Waals surface area (Å²) in [7, 11) is -3.63. The lowest BCUT2D eigenvalue weighted by Gasteiger charge is -2.26. The maximum Gasteiger partial charge on any atom is 0.277 e. The topological polar surface area (TPSA) is 103 Å². The molecule has 1 aliphatic rings. The number of Topliss-reactive ketones (excluding diaryl/α,β-unsaturated/α-hetero) is 1. The highest BCUT2D eigenvalue weighted by Gasteiger charge is 2.27. The Balaban J connectivity index is 1.47. The number of ether oxygens (including phenoxy) is 1. The Hall–Kier alpha value is -2.05. The van der Waals surface area contributed by atoms with Crippen molar-refractivity contribution in [2.24, 2.45) is 0 Å². The average molecular weight is 480 g/mol. The Morgan fingerprint density at radius 3 is 2.68 bits per heavy atom. The van der Waals surface area contributed by atoms with Gasteiger partial charge in [-0.3, -0.25) is 4.79 Å². The van der Waals surface area contributed by atoms with E-state index < -0.39 is 10.0 Å². The largest absolute Gasteiger partial charge is 0.411 e. The number of nitrogens with zero attached hydrogens (tertiary/aromatic N) is 3. The van der Waals surface area contributed by atoms with Crippen LogP contribution in [-0.2, 0) is 14.8 Å². The fraction of sp³-hybridized carbons (Fsp3) is 0.350. The number of carbonyl (C=O) groups is 1. The quantitative estimate of drug-likeness (QED) is 0.375. The summed E-state index contributed by atoms with van der Waals surface area (Å²) in [6.45, 7) is 5.31. The molecule has 0 atom stereocenters. The first-order chi connectivity index (χ1) is 14.8. The third kappa shape index (κ3) is 4.90. The third-order valence-corrected chi connectivity index (χ3v) is 8.44. The number of ketones is 1. The number of morpholine rings is 1. The fourth-order valence-corrected chi connectivity index (χ4v) is 6.27. The highest BCUT2D eigenvalue weighted by Crippen LogP contribution is 2.28. The van der Waals surface area contributed by atoms with Crippen molar-refractivity contribution < 1.29 is 22.4 Å². The Kier molecular flexibility index (Phi) is 6.58. The molecule has 0 aliphatic carbocycles. The standard InChI is InChI=1S/C20H21N3O5S3/c1-13-10-17(14(2)30-13)18(24)12-29-20-22-21-19(28-20)15-4-3-5-16(11-15)31(25,26)23-6-8-27-9-7-23/h3-5,10-11H,6-9,12H2,1-2H3. The van der Waals surface area contributed by atoms with Gasteiger partial charge in [0, 0.05) is 34.0 Å². The van der Waals surface area contributed by atoms with Gasteiger partial charge in [0.2, 0.25) is 15.9 Å². The molecule has 31 heavy (non-hydrogen) atoms. The second-order valence-corrected chi connectivity index (χ2v) is 11.3. The molecule has 11 heteroatoms. The maximum atomic E-state index is 12.9. The molecule has 0 unspecified atom stereocenters. The SMILES string of the molecule is Cc1cc(C(=O)CSc2nnc(-c3cccc(S(=O)(=O)N4CCOCC4)c3)o2)c(C)s1. The normalized spacial score (nSPS) is 15.3. The number of hydrogen-bond donors (Lipinski definition) is 0. The summed E-state index contributed by atoms with van der Waals surface area (Å²) >= 11 is 2.76. The molecule has 1 aromatic carbocycles. The molecule has 0 bridgehead atoms. The van der Waals surface area contributed by atoms with Crippen molar-refractivity contribution in [3.05, 3.63) is 45.6 Å². The number of rotatable bonds is 7. The van der Waals surface area contributed by atoms with E-state index in [2.05, 4.69) is 10.2 Å². The summed E-state index contributed by atoms with van der Waals surface area (Å²) in [5.74, 6) is 0.395. The van der Waals surface area contributed by atoms with E-state index in [-0.39, 0.29) is 27.5 Å². The predicted octanol–water partition coefficient (Wildman–Crippen LogP) is 3.41. The summed E-state index contributed by atoms with van der Waals surface area (Å²) < 4.78 is 38.1. The molecule has 0 saturated carbocycles.